The zero-order valence-electron chi connectivity index (χ0n) is 11.8. The number of fused-ring (bicyclic) bond motifs is 1. The van der Waals surface area contributed by atoms with Crippen LogP contribution in [0.25, 0.3) is 0 Å². The number of carbonyl (C=O) groups is 1. The Balaban J connectivity index is 1.69. The fourth-order valence-corrected chi connectivity index (χ4v) is 2.87. The van der Waals surface area contributed by atoms with E-state index < -0.39 is 6.10 Å². The van der Waals surface area contributed by atoms with Crippen molar-refractivity contribution in [3.05, 3.63) is 24.3 Å². The fraction of sp³-hybridized carbons (Fsp3) is 0.533. The summed E-state index contributed by atoms with van der Waals surface area (Å²) in [5, 5.41) is 3.25. The molecule has 1 aromatic carbocycles. The Morgan fingerprint density at radius 3 is 2.95 bits per heavy atom. The molecule has 3 rings (SSSR count). The molecule has 0 aromatic heterocycles. The highest BCUT2D eigenvalue weighted by Gasteiger charge is 2.35. The van der Waals surface area contributed by atoms with Crippen LogP contribution in [0.5, 0.6) is 5.75 Å². The van der Waals surface area contributed by atoms with E-state index in [9.17, 15) is 4.79 Å². The number of amides is 1. The van der Waals surface area contributed by atoms with Crippen molar-refractivity contribution in [1.82, 2.24) is 4.90 Å². The number of ether oxygens (including phenoxy) is 2. The molecule has 0 aliphatic carbocycles. The SMILES string of the molecule is CC1OCCC1N(C)C(=O)C1CNc2ccccc2O1. The van der Waals surface area contributed by atoms with Gasteiger partial charge in [-0.3, -0.25) is 4.79 Å². The van der Waals surface area contributed by atoms with Crippen molar-refractivity contribution in [2.45, 2.75) is 31.6 Å². The van der Waals surface area contributed by atoms with Crippen LogP contribution in [0, 0.1) is 0 Å². The molecule has 0 saturated carbocycles. The molecular weight excluding hydrogens is 256 g/mol. The molecule has 0 radical (unpaired) electrons. The number of rotatable bonds is 2. The summed E-state index contributed by atoms with van der Waals surface area (Å²) in [6.07, 6.45) is 0.510. The average Bonchev–Trinajstić information content (AvgIpc) is 2.91. The van der Waals surface area contributed by atoms with E-state index in [2.05, 4.69) is 5.32 Å². The number of nitrogens with zero attached hydrogens (tertiary/aromatic N) is 1. The number of para-hydroxylation sites is 2. The molecule has 1 fully saturated rings. The third kappa shape index (κ3) is 2.33. The number of nitrogens with one attached hydrogen (secondary N) is 1. The topological polar surface area (TPSA) is 50.8 Å². The number of anilines is 1. The Labute approximate surface area is 118 Å². The van der Waals surface area contributed by atoms with Gasteiger partial charge in [0.05, 0.1) is 24.4 Å². The highest BCUT2D eigenvalue weighted by Crippen LogP contribution is 2.29. The first-order chi connectivity index (χ1) is 9.66. The van der Waals surface area contributed by atoms with Gasteiger partial charge in [-0.1, -0.05) is 12.1 Å². The van der Waals surface area contributed by atoms with Gasteiger partial charge in [0, 0.05) is 13.7 Å². The van der Waals surface area contributed by atoms with Crippen LogP contribution in [0.1, 0.15) is 13.3 Å². The molecule has 0 spiro atoms. The minimum absolute atomic E-state index is 0.00866. The van der Waals surface area contributed by atoms with Crippen molar-refractivity contribution >= 4 is 11.6 Å². The molecule has 1 aromatic rings. The Bertz CT molecular complexity index is 506. The van der Waals surface area contributed by atoms with Crippen molar-refractivity contribution in [2.75, 3.05) is 25.5 Å². The molecular formula is C15H20N2O3. The maximum atomic E-state index is 12.5. The van der Waals surface area contributed by atoms with Crippen molar-refractivity contribution in [3.63, 3.8) is 0 Å². The minimum atomic E-state index is -0.470. The first kappa shape index (κ1) is 13.2. The van der Waals surface area contributed by atoms with Gasteiger partial charge in [0.15, 0.2) is 6.10 Å². The second-order valence-corrected chi connectivity index (χ2v) is 5.36. The predicted molar refractivity (Wildman–Crippen MR) is 75.9 cm³/mol. The van der Waals surface area contributed by atoms with Crippen LogP contribution in [0.4, 0.5) is 5.69 Å². The summed E-state index contributed by atoms with van der Waals surface area (Å²) in [6, 6.07) is 7.82. The summed E-state index contributed by atoms with van der Waals surface area (Å²) < 4.78 is 11.3. The Morgan fingerprint density at radius 2 is 2.20 bits per heavy atom. The standard InChI is InChI=1S/C15H20N2O3/c1-10-12(7-8-19-10)17(2)15(18)14-9-16-11-5-3-4-6-13(11)20-14/h3-6,10,12,14,16H,7-9H2,1-2H3. The second-order valence-electron chi connectivity index (χ2n) is 5.36. The van der Waals surface area contributed by atoms with Gasteiger partial charge in [-0.2, -0.15) is 0 Å². The van der Waals surface area contributed by atoms with Crippen LogP contribution >= 0.6 is 0 Å². The van der Waals surface area contributed by atoms with Gasteiger partial charge in [-0.05, 0) is 25.5 Å². The van der Waals surface area contributed by atoms with Gasteiger partial charge < -0.3 is 19.7 Å². The largest absolute Gasteiger partial charge is 0.477 e. The zero-order valence-corrected chi connectivity index (χ0v) is 11.8. The van der Waals surface area contributed by atoms with Gasteiger partial charge >= 0.3 is 0 Å². The molecule has 1 N–H and O–H groups in total. The molecule has 2 aliphatic heterocycles. The quantitative estimate of drug-likeness (QED) is 0.889. The van der Waals surface area contributed by atoms with E-state index in [-0.39, 0.29) is 18.1 Å². The highest BCUT2D eigenvalue weighted by molar-refractivity contribution is 5.83. The van der Waals surface area contributed by atoms with Crippen molar-refractivity contribution < 1.29 is 14.3 Å². The van der Waals surface area contributed by atoms with E-state index in [4.69, 9.17) is 9.47 Å². The summed E-state index contributed by atoms with van der Waals surface area (Å²) in [5.74, 6) is 0.746. The van der Waals surface area contributed by atoms with Crippen LogP contribution in [-0.4, -0.2) is 49.3 Å². The summed E-state index contributed by atoms with van der Waals surface area (Å²) in [6.45, 7) is 3.23. The lowest BCUT2D eigenvalue weighted by atomic mass is 10.1. The van der Waals surface area contributed by atoms with Crippen molar-refractivity contribution in [2.24, 2.45) is 0 Å². The van der Waals surface area contributed by atoms with Crippen LogP contribution in [0.2, 0.25) is 0 Å². The summed E-state index contributed by atoms with van der Waals surface area (Å²) in [5.41, 5.74) is 0.941. The Morgan fingerprint density at radius 1 is 1.40 bits per heavy atom. The highest BCUT2D eigenvalue weighted by atomic mass is 16.5. The number of carbonyl (C=O) groups excluding carboxylic acids is 1. The van der Waals surface area contributed by atoms with E-state index in [0.717, 1.165) is 24.5 Å². The van der Waals surface area contributed by atoms with E-state index in [0.29, 0.717) is 6.54 Å². The summed E-state index contributed by atoms with van der Waals surface area (Å²) >= 11 is 0. The molecule has 1 saturated heterocycles. The Hall–Kier alpha value is -1.75. The zero-order chi connectivity index (χ0) is 14.1. The van der Waals surface area contributed by atoms with Gasteiger partial charge in [-0.15, -0.1) is 0 Å². The monoisotopic (exact) mass is 276 g/mol. The number of likely N-dealkylation sites (N-methyl/N-ethyl adjacent to an activating group) is 1. The number of hydrogen-bond donors (Lipinski definition) is 1. The Kier molecular flexibility index (Phi) is 3.53. The van der Waals surface area contributed by atoms with E-state index in [1.807, 2.05) is 38.2 Å². The van der Waals surface area contributed by atoms with Crippen molar-refractivity contribution in [1.29, 1.82) is 0 Å². The maximum Gasteiger partial charge on any atom is 0.265 e. The smallest absolute Gasteiger partial charge is 0.265 e. The normalized spacial score (nSPS) is 28.2. The van der Waals surface area contributed by atoms with Gasteiger partial charge in [-0.25, -0.2) is 0 Å². The molecule has 108 valence electrons. The molecule has 1 amide bonds. The van der Waals surface area contributed by atoms with Gasteiger partial charge in [0.1, 0.15) is 5.75 Å². The molecule has 3 unspecified atom stereocenters. The van der Waals surface area contributed by atoms with Crippen molar-refractivity contribution in [3.8, 4) is 5.75 Å². The molecule has 20 heavy (non-hydrogen) atoms. The summed E-state index contributed by atoms with van der Waals surface area (Å²) in [7, 11) is 1.84. The summed E-state index contributed by atoms with van der Waals surface area (Å²) in [4.78, 5) is 14.3. The van der Waals surface area contributed by atoms with E-state index >= 15 is 0 Å². The molecule has 2 aliphatic rings. The van der Waals surface area contributed by atoms with E-state index in [1.165, 1.54) is 0 Å². The van der Waals surface area contributed by atoms with E-state index in [1.54, 1.807) is 4.90 Å². The van der Waals surface area contributed by atoms with Crippen LogP contribution in [-0.2, 0) is 9.53 Å². The number of hydrogen-bond acceptors (Lipinski definition) is 4. The lowest BCUT2D eigenvalue weighted by Gasteiger charge is -2.33. The molecule has 5 heteroatoms. The molecule has 3 atom stereocenters. The third-order valence-corrected chi connectivity index (χ3v) is 4.09. The number of benzene rings is 1. The molecule has 2 heterocycles. The van der Waals surface area contributed by atoms with Gasteiger partial charge in [0.2, 0.25) is 0 Å². The lowest BCUT2D eigenvalue weighted by molar-refractivity contribution is -0.140. The maximum absolute atomic E-state index is 12.5. The van der Waals surface area contributed by atoms with Crippen LogP contribution in [0.15, 0.2) is 24.3 Å². The first-order valence-electron chi connectivity index (χ1n) is 7.04. The molecule has 5 nitrogen and oxygen atoms in total. The average molecular weight is 276 g/mol. The van der Waals surface area contributed by atoms with Crippen LogP contribution in [0.3, 0.4) is 0 Å². The molecule has 0 bridgehead atoms. The predicted octanol–water partition coefficient (Wildman–Crippen LogP) is 1.50. The van der Waals surface area contributed by atoms with Crippen LogP contribution < -0.4 is 10.1 Å². The first-order valence-corrected chi connectivity index (χ1v) is 7.04. The minimum Gasteiger partial charge on any atom is -0.477 e. The fourth-order valence-electron chi connectivity index (χ4n) is 2.87. The van der Waals surface area contributed by atoms with Gasteiger partial charge in [0.25, 0.3) is 5.91 Å². The second kappa shape index (κ2) is 5.32. The third-order valence-electron chi connectivity index (χ3n) is 4.09. The lowest BCUT2D eigenvalue weighted by Crippen LogP contribution is -2.50.